The van der Waals surface area contributed by atoms with E-state index in [1.807, 2.05) is 29.2 Å². The number of nitrogens with zero attached hydrogens (tertiary/aromatic N) is 3. The summed E-state index contributed by atoms with van der Waals surface area (Å²) in [5.74, 6) is 0.0110. The summed E-state index contributed by atoms with van der Waals surface area (Å²) >= 11 is 0. The third kappa shape index (κ3) is 5.05. The second-order valence-electron chi connectivity index (χ2n) is 11.4. The Morgan fingerprint density at radius 3 is 2.11 bits per heavy atom. The summed E-state index contributed by atoms with van der Waals surface area (Å²) in [7, 11) is 0. The monoisotopic (exact) mass is 510 g/mol. The van der Waals surface area contributed by atoms with Crippen molar-refractivity contribution >= 4 is 28.9 Å². The highest BCUT2D eigenvalue weighted by Gasteiger charge is 2.47. The summed E-state index contributed by atoms with van der Waals surface area (Å²) in [6, 6.07) is 26.9. The van der Waals surface area contributed by atoms with Crippen molar-refractivity contribution in [2.45, 2.75) is 45.1 Å². The van der Waals surface area contributed by atoms with E-state index in [9.17, 15) is 9.59 Å². The summed E-state index contributed by atoms with van der Waals surface area (Å²) in [4.78, 5) is 32.3. The highest BCUT2D eigenvalue weighted by Crippen LogP contribution is 2.51. The van der Waals surface area contributed by atoms with Crippen LogP contribution in [0.3, 0.4) is 0 Å². The number of para-hydroxylation sites is 1. The summed E-state index contributed by atoms with van der Waals surface area (Å²) in [5, 5.41) is 3.14. The molecule has 6 nitrogen and oxygen atoms in total. The van der Waals surface area contributed by atoms with Crippen LogP contribution in [0.25, 0.3) is 0 Å². The highest BCUT2D eigenvalue weighted by atomic mass is 16.2. The number of nitrogens with one attached hydrogen (secondary N) is 1. The van der Waals surface area contributed by atoms with Crippen molar-refractivity contribution in [3.63, 3.8) is 0 Å². The molecule has 0 radical (unpaired) electrons. The number of piperazine rings is 1. The van der Waals surface area contributed by atoms with Gasteiger partial charge in [-0.15, -0.1) is 0 Å². The lowest BCUT2D eigenvalue weighted by atomic mass is 9.65. The quantitative estimate of drug-likeness (QED) is 0.507. The topological polar surface area (TPSA) is 55.9 Å². The van der Waals surface area contributed by atoms with E-state index >= 15 is 0 Å². The lowest BCUT2D eigenvalue weighted by Gasteiger charge is -2.51. The van der Waals surface area contributed by atoms with Gasteiger partial charge in [0, 0.05) is 61.1 Å². The zero-order chi connectivity index (χ0) is 26.9. The molecule has 1 fully saturated rings. The number of amides is 2. The third-order valence-electron chi connectivity index (χ3n) is 8.09. The van der Waals surface area contributed by atoms with Gasteiger partial charge in [0.05, 0.1) is 6.54 Å². The van der Waals surface area contributed by atoms with Crippen LogP contribution in [0.2, 0.25) is 0 Å². The lowest BCUT2D eigenvalue weighted by molar-refractivity contribution is -0.118. The summed E-state index contributed by atoms with van der Waals surface area (Å²) in [6.45, 7) is 12.0. The maximum absolute atomic E-state index is 13.1. The molecule has 1 unspecified atom stereocenters. The number of fused-ring (bicyclic) bond motifs is 1. The van der Waals surface area contributed by atoms with Crippen molar-refractivity contribution in [2.24, 2.45) is 0 Å². The highest BCUT2D eigenvalue weighted by molar-refractivity contribution is 5.97. The molecule has 6 heteroatoms. The van der Waals surface area contributed by atoms with Gasteiger partial charge in [0.25, 0.3) is 0 Å². The van der Waals surface area contributed by atoms with Crippen LogP contribution in [0, 0.1) is 0 Å². The molecule has 5 rings (SSSR count). The molecule has 1 atom stereocenters. The fraction of sp³-hybridized carbons (Fsp3) is 0.375. The van der Waals surface area contributed by atoms with E-state index in [0.29, 0.717) is 6.54 Å². The van der Waals surface area contributed by atoms with E-state index < -0.39 is 0 Å². The van der Waals surface area contributed by atoms with Crippen LogP contribution >= 0.6 is 0 Å². The Kier molecular flexibility index (Phi) is 7.01. The third-order valence-corrected chi connectivity index (χ3v) is 8.09. The van der Waals surface area contributed by atoms with Crippen LogP contribution < -0.4 is 15.1 Å². The zero-order valence-electron chi connectivity index (χ0n) is 22.9. The molecule has 3 aromatic rings. The first-order valence-corrected chi connectivity index (χ1v) is 13.5. The number of anilines is 3. The Bertz CT molecular complexity index is 1300. The van der Waals surface area contributed by atoms with Crippen LogP contribution in [0.1, 0.15) is 45.2 Å². The van der Waals surface area contributed by atoms with Gasteiger partial charge in [-0.1, -0.05) is 55.5 Å². The lowest BCUT2D eigenvalue weighted by Crippen LogP contribution is -2.55. The first-order chi connectivity index (χ1) is 18.2. The van der Waals surface area contributed by atoms with Gasteiger partial charge in [-0.25, -0.2) is 0 Å². The minimum atomic E-state index is -0.351. The number of carbonyl (C=O) groups excluding carboxylic acids is 2. The molecule has 0 bridgehead atoms. The zero-order valence-corrected chi connectivity index (χ0v) is 22.9. The maximum Gasteiger partial charge on any atom is 0.238 e. The average molecular weight is 511 g/mol. The molecule has 1 N–H and O–H groups in total. The molecule has 2 amide bonds. The molecule has 3 aromatic carbocycles. The van der Waals surface area contributed by atoms with Crippen molar-refractivity contribution < 1.29 is 9.59 Å². The molecule has 0 aliphatic carbocycles. The van der Waals surface area contributed by atoms with Crippen molar-refractivity contribution in [3.05, 3.63) is 90.0 Å². The fourth-order valence-corrected chi connectivity index (χ4v) is 6.48. The summed E-state index contributed by atoms with van der Waals surface area (Å²) in [5.41, 5.74) is 4.52. The second kappa shape index (κ2) is 10.3. The van der Waals surface area contributed by atoms with Crippen LogP contribution in [0.5, 0.6) is 0 Å². The number of benzene rings is 3. The van der Waals surface area contributed by atoms with E-state index in [1.165, 1.54) is 11.3 Å². The van der Waals surface area contributed by atoms with E-state index in [4.69, 9.17) is 0 Å². The summed E-state index contributed by atoms with van der Waals surface area (Å²) < 4.78 is 0. The van der Waals surface area contributed by atoms with Crippen molar-refractivity contribution in [1.29, 1.82) is 0 Å². The molecule has 2 aliphatic rings. The second-order valence-corrected chi connectivity index (χ2v) is 11.4. The van der Waals surface area contributed by atoms with Crippen molar-refractivity contribution in [2.75, 3.05) is 47.8 Å². The predicted molar refractivity (Wildman–Crippen MR) is 155 cm³/mol. The van der Waals surface area contributed by atoms with Gasteiger partial charge < -0.3 is 15.1 Å². The van der Waals surface area contributed by atoms with Gasteiger partial charge in [-0.3, -0.25) is 14.5 Å². The molecule has 0 aromatic heterocycles. The Labute approximate surface area is 226 Å². The standard InChI is InChI=1S/C32H38N4O2/c1-24(37)36-29-16-15-26(21-28(29)32(4,23-31(36,2)3)25-11-7-5-8-12-25)33-30(38)22-34-17-19-35(20-18-34)27-13-9-6-10-14-27/h5-16,21H,17-20,22-23H2,1-4H3,(H,33,38). The van der Waals surface area contributed by atoms with Crippen LogP contribution in [-0.2, 0) is 15.0 Å². The predicted octanol–water partition coefficient (Wildman–Crippen LogP) is 5.29. The minimum Gasteiger partial charge on any atom is -0.369 e. The van der Waals surface area contributed by atoms with Gasteiger partial charge in [-0.05, 0) is 61.7 Å². The smallest absolute Gasteiger partial charge is 0.238 e. The molecule has 38 heavy (non-hydrogen) atoms. The van der Waals surface area contributed by atoms with Gasteiger partial charge in [0.15, 0.2) is 0 Å². The number of carbonyl (C=O) groups is 2. The Morgan fingerprint density at radius 2 is 1.47 bits per heavy atom. The Hall–Kier alpha value is -3.64. The number of hydrogen-bond donors (Lipinski definition) is 1. The summed E-state index contributed by atoms with van der Waals surface area (Å²) in [6.07, 6.45) is 0.777. The Balaban J connectivity index is 1.34. The van der Waals surface area contributed by atoms with Gasteiger partial charge in [0.2, 0.25) is 11.8 Å². The SMILES string of the molecule is CC(=O)N1c2ccc(NC(=O)CN3CCN(c4ccccc4)CC3)cc2C(C)(c2ccccc2)CC1(C)C. The molecule has 1 saturated heterocycles. The van der Waals surface area contributed by atoms with E-state index in [1.54, 1.807) is 6.92 Å². The fourth-order valence-electron chi connectivity index (χ4n) is 6.48. The molecule has 2 aliphatic heterocycles. The number of rotatable bonds is 5. The number of hydrogen-bond acceptors (Lipinski definition) is 4. The first kappa shape index (κ1) is 26.0. The van der Waals surface area contributed by atoms with Crippen LogP contribution in [0.4, 0.5) is 17.1 Å². The largest absolute Gasteiger partial charge is 0.369 e. The Morgan fingerprint density at radius 1 is 0.842 bits per heavy atom. The van der Waals surface area contributed by atoms with Gasteiger partial charge >= 0.3 is 0 Å². The van der Waals surface area contributed by atoms with Gasteiger partial charge in [0.1, 0.15) is 0 Å². The van der Waals surface area contributed by atoms with Crippen LogP contribution in [0.15, 0.2) is 78.9 Å². The molecule has 0 spiro atoms. The van der Waals surface area contributed by atoms with Crippen molar-refractivity contribution in [1.82, 2.24) is 4.90 Å². The maximum atomic E-state index is 13.1. The van der Waals surface area contributed by atoms with Crippen molar-refractivity contribution in [3.8, 4) is 0 Å². The average Bonchev–Trinajstić information content (AvgIpc) is 2.90. The first-order valence-electron chi connectivity index (χ1n) is 13.5. The van der Waals surface area contributed by atoms with Gasteiger partial charge in [-0.2, -0.15) is 0 Å². The molecule has 0 saturated carbocycles. The molecular formula is C32H38N4O2. The van der Waals surface area contributed by atoms with E-state index in [2.05, 4.69) is 90.5 Å². The molecular weight excluding hydrogens is 472 g/mol. The van der Waals surface area contributed by atoms with Crippen LogP contribution in [-0.4, -0.2) is 55.0 Å². The molecule has 198 valence electrons. The van der Waals surface area contributed by atoms with E-state index in [0.717, 1.165) is 49.5 Å². The minimum absolute atomic E-state index is 0.0147. The van der Waals surface area contributed by atoms with E-state index in [-0.39, 0.29) is 22.8 Å². The normalized spacial score (nSPS) is 21.1. The molecule has 2 heterocycles.